The van der Waals surface area contributed by atoms with Gasteiger partial charge in [0.05, 0.1) is 6.04 Å². The first-order valence-corrected chi connectivity index (χ1v) is 4.56. The molecule has 5 nitrogen and oxygen atoms in total. The SMILES string of the molecule is CC(c1ccccc1)N(C(=N)N)C(=N)N.Cl. The van der Waals surface area contributed by atoms with E-state index in [9.17, 15) is 0 Å². The highest BCUT2D eigenvalue weighted by molar-refractivity contribution is 5.94. The molecule has 1 unspecified atom stereocenters. The van der Waals surface area contributed by atoms with Gasteiger partial charge in [0.15, 0.2) is 11.9 Å². The van der Waals surface area contributed by atoms with Gasteiger partial charge in [-0.3, -0.25) is 15.7 Å². The lowest BCUT2D eigenvalue weighted by Crippen LogP contribution is -2.46. The molecule has 0 bridgehead atoms. The first kappa shape index (κ1) is 14.2. The van der Waals surface area contributed by atoms with Crippen molar-refractivity contribution in [2.45, 2.75) is 13.0 Å². The zero-order valence-corrected chi connectivity index (χ0v) is 9.79. The molecule has 0 fully saturated rings. The molecule has 0 spiro atoms. The van der Waals surface area contributed by atoms with Gasteiger partial charge in [0.2, 0.25) is 0 Å². The number of hydrogen-bond acceptors (Lipinski definition) is 2. The Balaban J connectivity index is 0.00000225. The molecule has 1 rings (SSSR count). The predicted molar refractivity (Wildman–Crippen MR) is 67.8 cm³/mol. The molecule has 6 heteroatoms. The third-order valence-corrected chi connectivity index (χ3v) is 2.19. The quantitative estimate of drug-likeness (QED) is 0.463. The van der Waals surface area contributed by atoms with Crippen LogP contribution in [-0.2, 0) is 0 Å². The summed E-state index contributed by atoms with van der Waals surface area (Å²) in [4.78, 5) is 1.26. The van der Waals surface area contributed by atoms with Crippen molar-refractivity contribution in [1.82, 2.24) is 4.90 Å². The smallest absolute Gasteiger partial charge is 0.195 e. The second-order valence-corrected chi connectivity index (χ2v) is 3.23. The first-order valence-electron chi connectivity index (χ1n) is 4.56. The van der Waals surface area contributed by atoms with E-state index < -0.39 is 0 Å². The highest BCUT2D eigenvalue weighted by Gasteiger charge is 2.19. The fourth-order valence-electron chi connectivity index (χ4n) is 1.43. The fraction of sp³-hybridized carbons (Fsp3) is 0.200. The summed E-state index contributed by atoms with van der Waals surface area (Å²) in [6.45, 7) is 1.85. The van der Waals surface area contributed by atoms with Crippen LogP contribution < -0.4 is 11.5 Å². The van der Waals surface area contributed by atoms with Crippen molar-refractivity contribution >= 4 is 24.3 Å². The largest absolute Gasteiger partial charge is 0.370 e. The summed E-state index contributed by atoms with van der Waals surface area (Å²) in [5.74, 6) is -0.447. The van der Waals surface area contributed by atoms with Gasteiger partial charge in [0.25, 0.3) is 0 Å². The standard InChI is InChI=1S/C10H15N5.ClH/c1-7(8-5-3-2-4-6-8)15(9(11)12)10(13)14;/h2-7H,1H3,(H3,11,12)(H3,13,14);1H. The average Bonchev–Trinajstić information content (AvgIpc) is 2.18. The van der Waals surface area contributed by atoms with Crippen molar-refractivity contribution in [2.75, 3.05) is 0 Å². The molecule has 6 N–H and O–H groups in total. The van der Waals surface area contributed by atoms with Crippen LogP contribution in [0.5, 0.6) is 0 Å². The molecule has 0 aromatic heterocycles. The van der Waals surface area contributed by atoms with Crippen molar-refractivity contribution in [2.24, 2.45) is 11.5 Å². The molecule has 0 heterocycles. The highest BCUT2D eigenvalue weighted by Crippen LogP contribution is 2.18. The maximum atomic E-state index is 7.34. The van der Waals surface area contributed by atoms with E-state index in [1.165, 1.54) is 4.90 Å². The Morgan fingerprint density at radius 2 is 1.56 bits per heavy atom. The van der Waals surface area contributed by atoms with Gasteiger partial charge in [0.1, 0.15) is 0 Å². The lowest BCUT2D eigenvalue weighted by Gasteiger charge is -2.27. The summed E-state index contributed by atoms with van der Waals surface area (Å²) >= 11 is 0. The van der Waals surface area contributed by atoms with E-state index in [1.807, 2.05) is 37.3 Å². The van der Waals surface area contributed by atoms with Gasteiger partial charge >= 0.3 is 0 Å². The minimum absolute atomic E-state index is 0. The van der Waals surface area contributed by atoms with E-state index in [0.717, 1.165) is 5.56 Å². The van der Waals surface area contributed by atoms with E-state index in [0.29, 0.717) is 0 Å². The van der Waals surface area contributed by atoms with Crippen molar-refractivity contribution in [3.63, 3.8) is 0 Å². The number of halogens is 1. The number of hydrogen-bond donors (Lipinski definition) is 4. The van der Waals surface area contributed by atoms with E-state index >= 15 is 0 Å². The Morgan fingerprint density at radius 3 is 1.94 bits per heavy atom. The highest BCUT2D eigenvalue weighted by atomic mass is 35.5. The van der Waals surface area contributed by atoms with Gasteiger partial charge < -0.3 is 11.5 Å². The molecule has 88 valence electrons. The second-order valence-electron chi connectivity index (χ2n) is 3.23. The zero-order valence-electron chi connectivity index (χ0n) is 8.97. The molecule has 0 aliphatic carbocycles. The van der Waals surface area contributed by atoms with Gasteiger partial charge in [-0.2, -0.15) is 0 Å². The molecule has 16 heavy (non-hydrogen) atoms. The molecule has 0 radical (unpaired) electrons. The molecule has 0 amide bonds. The Bertz CT molecular complexity index is 351. The maximum absolute atomic E-state index is 7.34. The van der Waals surface area contributed by atoms with Crippen LogP contribution in [0.2, 0.25) is 0 Å². The third kappa shape index (κ3) is 3.13. The molecule has 0 saturated carbocycles. The summed E-state index contributed by atoms with van der Waals surface area (Å²) < 4.78 is 0. The predicted octanol–water partition coefficient (Wildman–Crippen LogP) is 1.26. The average molecular weight is 242 g/mol. The molecule has 1 aromatic rings. The van der Waals surface area contributed by atoms with E-state index in [2.05, 4.69) is 0 Å². The number of nitrogens with one attached hydrogen (secondary N) is 2. The monoisotopic (exact) mass is 241 g/mol. The number of guanidine groups is 2. The minimum atomic E-state index is -0.223. The summed E-state index contributed by atoms with van der Waals surface area (Å²) in [5.41, 5.74) is 11.7. The van der Waals surface area contributed by atoms with Gasteiger partial charge in [0, 0.05) is 0 Å². The van der Waals surface area contributed by atoms with Crippen molar-refractivity contribution in [1.29, 1.82) is 10.8 Å². The number of nitrogens with zero attached hydrogens (tertiary/aromatic N) is 1. The Hall–Kier alpha value is -1.75. The zero-order chi connectivity index (χ0) is 11.4. The van der Waals surface area contributed by atoms with Crippen LogP contribution in [0.4, 0.5) is 0 Å². The second kappa shape index (κ2) is 5.97. The van der Waals surface area contributed by atoms with Crippen LogP contribution in [0, 0.1) is 10.8 Å². The third-order valence-electron chi connectivity index (χ3n) is 2.19. The Kier molecular flexibility index (Phi) is 5.32. The lowest BCUT2D eigenvalue weighted by molar-refractivity contribution is 0.469. The molecular formula is C10H16ClN5. The van der Waals surface area contributed by atoms with Crippen LogP contribution >= 0.6 is 12.4 Å². The first-order chi connectivity index (χ1) is 7.04. The summed E-state index contributed by atoms with van der Waals surface area (Å²) in [7, 11) is 0. The number of nitrogens with two attached hydrogens (primary N) is 2. The van der Waals surface area contributed by atoms with Crippen LogP contribution in [0.25, 0.3) is 0 Å². The van der Waals surface area contributed by atoms with Gasteiger partial charge in [-0.1, -0.05) is 30.3 Å². The van der Waals surface area contributed by atoms with Gasteiger partial charge in [-0.05, 0) is 12.5 Å². The van der Waals surface area contributed by atoms with Gasteiger partial charge in [-0.25, -0.2) is 0 Å². The van der Waals surface area contributed by atoms with Crippen LogP contribution in [0.1, 0.15) is 18.5 Å². The Morgan fingerprint density at radius 1 is 1.12 bits per heavy atom. The van der Waals surface area contributed by atoms with E-state index in [4.69, 9.17) is 22.3 Å². The number of benzene rings is 1. The molecule has 0 saturated heterocycles. The lowest BCUT2D eigenvalue weighted by atomic mass is 10.1. The Labute approximate surface area is 101 Å². The van der Waals surface area contributed by atoms with Crippen molar-refractivity contribution in [3.05, 3.63) is 35.9 Å². The minimum Gasteiger partial charge on any atom is -0.370 e. The molecule has 0 aliphatic heterocycles. The summed E-state index contributed by atoms with van der Waals surface area (Å²) in [6.07, 6.45) is 0. The summed E-state index contributed by atoms with van der Waals surface area (Å²) in [6, 6.07) is 9.30. The van der Waals surface area contributed by atoms with Crippen LogP contribution in [-0.4, -0.2) is 16.8 Å². The topological polar surface area (TPSA) is 103 Å². The number of rotatable bonds is 2. The fourth-order valence-corrected chi connectivity index (χ4v) is 1.43. The normalized spacial score (nSPS) is 11.1. The molecule has 1 aromatic carbocycles. The summed E-state index contributed by atoms with van der Waals surface area (Å²) in [5, 5.41) is 14.7. The molecular weight excluding hydrogens is 226 g/mol. The van der Waals surface area contributed by atoms with Crippen LogP contribution in [0.3, 0.4) is 0 Å². The van der Waals surface area contributed by atoms with E-state index in [-0.39, 0.29) is 30.4 Å². The van der Waals surface area contributed by atoms with Crippen molar-refractivity contribution < 1.29 is 0 Å². The van der Waals surface area contributed by atoms with Gasteiger partial charge in [-0.15, -0.1) is 12.4 Å². The maximum Gasteiger partial charge on any atom is 0.195 e. The molecule has 1 atom stereocenters. The van der Waals surface area contributed by atoms with Crippen LogP contribution in [0.15, 0.2) is 30.3 Å². The van der Waals surface area contributed by atoms with Crippen molar-refractivity contribution in [3.8, 4) is 0 Å². The van der Waals surface area contributed by atoms with E-state index in [1.54, 1.807) is 0 Å². The molecule has 0 aliphatic rings.